The van der Waals surface area contributed by atoms with E-state index in [1.807, 2.05) is 0 Å². The van der Waals surface area contributed by atoms with Crippen LogP contribution >= 0.6 is 0 Å². The third-order valence-electron chi connectivity index (χ3n) is 3.84. The van der Waals surface area contributed by atoms with Crippen LogP contribution in [0.2, 0.25) is 0 Å². The molecule has 9 nitrogen and oxygen atoms in total. The molecule has 0 aliphatic rings. The molecule has 0 bridgehead atoms. The Morgan fingerprint density at radius 3 is 1.32 bits per heavy atom. The van der Waals surface area contributed by atoms with Crippen molar-refractivity contribution in [3.8, 4) is 0 Å². The van der Waals surface area contributed by atoms with E-state index < -0.39 is 18.3 Å². The van der Waals surface area contributed by atoms with Gasteiger partial charge in [0.05, 0.1) is 0 Å². The molecule has 138 valence electrons. The van der Waals surface area contributed by atoms with Crippen LogP contribution in [0.3, 0.4) is 0 Å². The molecule has 0 spiro atoms. The predicted molar refractivity (Wildman–Crippen MR) is 86.4 cm³/mol. The topological polar surface area (TPSA) is 130 Å². The van der Waals surface area contributed by atoms with Crippen LogP contribution in [0.15, 0.2) is 12.1 Å². The summed E-state index contributed by atoms with van der Waals surface area (Å²) in [6.07, 6.45) is -4.46. The van der Waals surface area contributed by atoms with Crippen LogP contribution in [0.1, 0.15) is 26.3 Å². The monoisotopic (exact) mass is 350 g/mol. The standard InChI is InChI=1S/C16H23N3O6/c1-5-17(14(20)21)11-8-12(18(6-2)15(22)23)10(4)13(9-11)19(7-3)16(24)25/h8-9H,5-7H2,1-4H3,(H,20,21)(H,22,23)(H,24,25)/p-3. The minimum absolute atomic E-state index is 0.0408. The van der Waals surface area contributed by atoms with Crippen molar-refractivity contribution in [1.82, 2.24) is 0 Å². The van der Waals surface area contributed by atoms with Gasteiger partial charge in [-0.05, 0) is 45.4 Å². The first kappa shape index (κ1) is 20.1. The van der Waals surface area contributed by atoms with Crippen molar-refractivity contribution in [1.29, 1.82) is 0 Å². The van der Waals surface area contributed by atoms with E-state index >= 15 is 0 Å². The second kappa shape index (κ2) is 8.22. The summed E-state index contributed by atoms with van der Waals surface area (Å²) in [6, 6.07) is 2.70. The maximum absolute atomic E-state index is 11.4. The molecule has 25 heavy (non-hydrogen) atoms. The van der Waals surface area contributed by atoms with Gasteiger partial charge in [0.2, 0.25) is 0 Å². The SMILES string of the molecule is CCN(C(=O)[O-])c1cc(N(CC)C(=O)[O-])c(C)c(N(CC)C(=O)[O-])c1. The Labute approximate surface area is 145 Å². The van der Waals surface area contributed by atoms with Crippen LogP contribution in [0.5, 0.6) is 0 Å². The molecule has 0 aliphatic heterocycles. The summed E-state index contributed by atoms with van der Waals surface area (Å²) in [6.45, 7) is 6.40. The highest BCUT2D eigenvalue weighted by atomic mass is 16.4. The zero-order valence-electron chi connectivity index (χ0n) is 14.6. The Balaban J connectivity index is 3.74. The third kappa shape index (κ3) is 4.11. The molecule has 0 heterocycles. The summed E-state index contributed by atoms with van der Waals surface area (Å²) in [4.78, 5) is 36.7. The minimum atomic E-state index is -1.49. The van der Waals surface area contributed by atoms with Crippen LogP contribution in [-0.2, 0) is 0 Å². The lowest BCUT2D eigenvalue weighted by Crippen LogP contribution is -2.44. The quantitative estimate of drug-likeness (QED) is 0.680. The molecule has 0 N–H and O–H groups in total. The first-order chi connectivity index (χ1) is 11.7. The molecular weight excluding hydrogens is 330 g/mol. The van der Waals surface area contributed by atoms with E-state index in [4.69, 9.17) is 0 Å². The number of carboxylic acid groups (broad SMARTS) is 3. The number of anilines is 3. The zero-order chi connectivity index (χ0) is 19.3. The first-order valence-electron chi connectivity index (χ1n) is 7.79. The van der Waals surface area contributed by atoms with Crippen molar-refractivity contribution in [3.63, 3.8) is 0 Å². The summed E-state index contributed by atoms with van der Waals surface area (Å²) in [5.74, 6) is 0. The number of rotatable bonds is 6. The van der Waals surface area contributed by atoms with Crippen LogP contribution in [-0.4, -0.2) is 37.9 Å². The summed E-state index contributed by atoms with van der Waals surface area (Å²) in [7, 11) is 0. The molecular formula is C16H20N3O6-3. The van der Waals surface area contributed by atoms with E-state index in [0.29, 0.717) is 5.56 Å². The number of nitrogens with zero attached hydrogens (tertiary/aromatic N) is 3. The summed E-state index contributed by atoms with van der Waals surface area (Å²) in [5.41, 5.74) is 0.705. The molecule has 0 aromatic heterocycles. The lowest BCUT2D eigenvalue weighted by atomic mass is 10.1. The van der Waals surface area contributed by atoms with Crippen molar-refractivity contribution in [2.24, 2.45) is 0 Å². The fraction of sp³-hybridized carbons (Fsp3) is 0.438. The lowest BCUT2D eigenvalue weighted by molar-refractivity contribution is -0.247. The van der Waals surface area contributed by atoms with Gasteiger partial charge in [0.25, 0.3) is 0 Å². The van der Waals surface area contributed by atoms with Gasteiger partial charge in [0.1, 0.15) is 18.3 Å². The van der Waals surface area contributed by atoms with E-state index in [1.165, 1.54) is 12.1 Å². The van der Waals surface area contributed by atoms with Crippen molar-refractivity contribution in [3.05, 3.63) is 17.7 Å². The third-order valence-corrected chi connectivity index (χ3v) is 3.84. The van der Waals surface area contributed by atoms with Crippen LogP contribution < -0.4 is 30.0 Å². The number of amides is 3. The van der Waals surface area contributed by atoms with E-state index in [2.05, 4.69) is 0 Å². The average molecular weight is 350 g/mol. The Morgan fingerprint density at radius 1 is 0.760 bits per heavy atom. The number of benzene rings is 1. The number of carbonyl (C=O) groups excluding carboxylic acids is 3. The van der Waals surface area contributed by atoms with Crippen molar-refractivity contribution in [2.75, 3.05) is 34.3 Å². The molecule has 0 atom stereocenters. The van der Waals surface area contributed by atoms with Gasteiger partial charge >= 0.3 is 0 Å². The summed E-state index contributed by atoms with van der Waals surface area (Å²) in [5, 5.41) is 34.1. The number of hydrogen-bond acceptors (Lipinski definition) is 6. The van der Waals surface area contributed by atoms with Gasteiger partial charge in [0, 0.05) is 36.7 Å². The molecule has 1 aromatic carbocycles. The van der Waals surface area contributed by atoms with Crippen LogP contribution in [0.4, 0.5) is 31.4 Å². The fourth-order valence-corrected chi connectivity index (χ4v) is 2.60. The van der Waals surface area contributed by atoms with Crippen LogP contribution in [0, 0.1) is 6.92 Å². The largest absolute Gasteiger partial charge is 0.530 e. The zero-order valence-corrected chi connectivity index (χ0v) is 14.6. The second-order valence-electron chi connectivity index (χ2n) is 5.14. The van der Waals surface area contributed by atoms with Gasteiger partial charge in [-0.2, -0.15) is 0 Å². The molecule has 0 aliphatic carbocycles. The lowest BCUT2D eigenvalue weighted by Gasteiger charge is -2.33. The predicted octanol–water partition coefficient (Wildman–Crippen LogP) is -0.496. The van der Waals surface area contributed by atoms with E-state index in [1.54, 1.807) is 27.7 Å². The van der Waals surface area contributed by atoms with E-state index in [9.17, 15) is 29.7 Å². The van der Waals surface area contributed by atoms with E-state index in [-0.39, 0.29) is 36.7 Å². The van der Waals surface area contributed by atoms with Gasteiger partial charge in [-0.15, -0.1) is 0 Å². The number of carbonyl (C=O) groups is 3. The molecule has 1 rings (SSSR count). The van der Waals surface area contributed by atoms with Gasteiger partial charge in [-0.3, -0.25) is 0 Å². The normalized spacial score (nSPS) is 10.2. The number of hydrogen-bond donors (Lipinski definition) is 0. The molecule has 9 heteroatoms. The highest BCUT2D eigenvalue weighted by molar-refractivity contribution is 5.95. The highest BCUT2D eigenvalue weighted by Gasteiger charge is 2.19. The van der Waals surface area contributed by atoms with Gasteiger partial charge in [-0.25, -0.2) is 0 Å². The maximum atomic E-state index is 11.4. The molecule has 0 radical (unpaired) electrons. The Bertz CT molecular complexity index is 633. The molecule has 1 aromatic rings. The van der Waals surface area contributed by atoms with Gasteiger partial charge in [0.15, 0.2) is 0 Å². The Kier molecular flexibility index (Phi) is 6.60. The summed E-state index contributed by atoms with van der Waals surface area (Å²) < 4.78 is 0. The molecule has 0 saturated carbocycles. The van der Waals surface area contributed by atoms with Gasteiger partial charge in [-0.1, -0.05) is 0 Å². The Hall–Kier alpha value is -2.97. The summed E-state index contributed by atoms with van der Waals surface area (Å²) >= 11 is 0. The van der Waals surface area contributed by atoms with E-state index in [0.717, 1.165) is 14.7 Å². The molecule has 0 saturated heterocycles. The maximum Gasteiger partial charge on any atom is 0.141 e. The fourth-order valence-electron chi connectivity index (χ4n) is 2.60. The molecule has 0 fully saturated rings. The highest BCUT2D eigenvalue weighted by Crippen LogP contribution is 2.35. The Morgan fingerprint density at radius 2 is 1.08 bits per heavy atom. The molecule has 3 amide bonds. The van der Waals surface area contributed by atoms with Crippen LogP contribution in [0.25, 0.3) is 0 Å². The van der Waals surface area contributed by atoms with Crippen molar-refractivity contribution >= 4 is 35.3 Å². The smallest absolute Gasteiger partial charge is 0.141 e. The average Bonchev–Trinajstić information content (AvgIpc) is 2.52. The molecule has 0 unspecified atom stereocenters. The first-order valence-corrected chi connectivity index (χ1v) is 7.79. The van der Waals surface area contributed by atoms with Crippen molar-refractivity contribution in [2.45, 2.75) is 27.7 Å². The van der Waals surface area contributed by atoms with Crippen molar-refractivity contribution < 1.29 is 29.7 Å². The minimum Gasteiger partial charge on any atom is -0.530 e. The van der Waals surface area contributed by atoms with Gasteiger partial charge < -0.3 is 44.4 Å². The second-order valence-corrected chi connectivity index (χ2v) is 5.14.